The smallest absolute Gasteiger partial charge is 0.138 e. The lowest BCUT2D eigenvalue weighted by molar-refractivity contribution is 1.34. The molecule has 1 aromatic heterocycles. The Morgan fingerprint density at radius 2 is 1.91 bits per heavy atom. The quantitative estimate of drug-likeness (QED) is 0.398. The largest absolute Gasteiger partial charge is 0.256 e. The van der Waals surface area contributed by atoms with Gasteiger partial charge in [-0.1, -0.05) is 45.2 Å². The van der Waals surface area contributed by atoms with Gasteiger partial charge in [0, 0.05) is 21.6 Å². The Morgan fingerprint density at radius 1 is 1.09 bits per heavy atom. The molecule has 110 valence electrons. The summed E-state index contributed by atoms with van der Waals surface area (Å²) in [7, 11) is 0. The lowest BCUT2D eigenvalue weighted by atomic mass is 10.1. The summed E-state index contributed by atoms with van der Waals surface area (Å²) >= 11 is 9.73. The molecule has 0 radical (unpaired) electrons. The maximum atomic E-state index is 6.26. The molecule has 2 nitrogen and oxygen atoms in total. The zero-order valence-corrected chi connectivity index (χ0v) is 14.6. The summed E-state index contributed by atoms with van der Waals surface area (Å²) in [5, 5.41) is 1.49. The van der Waals surface area contributed by atoms with Gasteiger partial charge in [0.1, 0.15) is 5.15 Å². The number of hydrogen-bond acceptors (Lipinski definition) is 2. The summed E-state index contributed by atoms with van der Waals surface area (Å²) in [5.41, 5.74) is 5.00. The van der Waals surface area contributed by atoms with Gasteiger partial charge < -0.3 is 0 Å². The highest BCUT2D eigenvalue weighted by Gasteiger charge is 2.04. The number of benzene rings is 2. The average molecular weight is 374 g/mol. The molecule has 0 spiro atoms. The van der Waals surface area contributed by atoms with Gasteiger partial charge in [-0.15, -0.1) is 0 Å². The Bertz CT molecular complexity index is 888. The van der Waals surface area contributed by atoms with Gasteiger partial charge in [0.25, 0.3) is 0 Å². The van der Waals surface area contributed by atoms with Crippen LogP contribution < -0.4 is 0 Å². The van der Waals surface area contributed by atoms with E-state index in [-0.39, 0.29) is 0 Å². The first-order valence-electron chi connectivity index (χ1n) is 6.90. The molecule has 1 heterocycles. The minimum atomic E-state index is 0.461. The van der Waals surface area contributed by atoms with E-state index >= 15 is 0 Å². The van der Waals surface area contributed by atoms with Crippen LogP contribution >= 0.6 is 27.5 Å². The van der Waals surface area contributed by atoms with E-state index in [1.54, 1.807) is 6.21 Å². The van der Waals surface area contributed by atoms with Crippen molar-refractivity contribution in [3.05, 3.63) is 68.8 Å². The van der Waals surface area contributed by atoms with E-state index in [0.717, 1.165) is 32.2 Å². The first-order valence-corrected chi connectivity index (χ1v) is 8.07. The SMILES string of the molecule is Cc1ccc(N=Cc2cc3cc(Br)ccc3nc2Cl)c(C)c1. The predicted molar refractivity (Wildman–Crippen MR) is 97.6 cm³/mol. The second-order valence-electron chi connectivity index (χ2n) is 5.25. The zero-order chi connectivity index (χ0) is 15.7. The molecule has 0 unspecified atom stereocenters. The van der Waals surface area contributed by atoms with Crippen molar-refractivity contribution < 1.29 is 0 Å². The third-order valence-corrected chi connectivity index (χ3v) is 4.25. The number of hydrogen-bond donors (Lipinski definition) is 0. The fourth-order valence-corrected chi connectivity index (χ4v) is 2.89. The Kier molecular flexibility index (Phi) is 4.27. The molecule has 4 heteroatoms. The summed E-state index contributed by atoms with van der Waals surface area (Å²) in [6, 6.07) is 14.1. The molecule has 0 aliphatic rings. The molecule has 0 N–H and O–H groups in total. The predicted octanol–water partition coefficient (Wildman–Crippen LogP) is 6.02. The molecular formula is C18H14BrClN2. The standard InChI is InChI=1S/C18H14BrClN2/c1-11-3-5-16(12(2)7-11)21-10-14-8-13-9-15(19)4-6-17(13)22-18(14)20/h3-10H,1-2H3. The van der Waals surface area contributed by atoms with Crippen molar-refractivity contribution in [2.75, 3.05) is 0 Å². The topological polar surface area (TPSA) is 25.2 Å². The minimum Gasteiger partial charge on any atom is -0.256 e. The van der Waals surface area contributed by atoms with Crippen LogP contribution in [-0.2, 0) is 0 Å². The number of aliphatic imine (C=N–C) groups is 1. The third-order valence-electron chi connectivity index (χ3n) is 3.45. The van der Waals surface area contributed by atoms with Crippen LogP contribution in [0.15, 0.2) is 51.9 Å². The normalized spacial score (nSPS) is 11.5. The van der Waals surface area contributed by atoms with E-state index in [1.165, 1.54) is 5.56 Å². The van der Waals surface area contributed by atoms with Crippen LogP contribution in [0.5, 0.6) is 0 Å². The van der Waals surface area contributed by atoms with Gasteiger partial charge in [-0.2, -0.15) is 0 Å². The molecule has 0 saturated heterocycles. The van der Waals surface area contributed by atoms with Gasteiger partial charge in [-0.25, -0.2) is 4.98 Å². The van der Waals surface area contributed by atoms with Crippen molar-refractivity contribution in [1.82, 2.24) is 4.98 Å². The Morgan fingerprint density at radius 3 is 2.68 bits per heavy atom. The molecule has 0 aliphatic carbocycles. The van der Waals surface area contributed by atoms with Crippen LogP contribution in [0, 0.1) is 13.8 Å². The van der Waals surface area contributed by atoms with Crippen molar-refractivity contribution >= 4 is 50.3 Å². The van der Waals surface area contributed by atoms with Gasteiger partial charge in [0.2, 0.25) is 0 Å². The summed E-state index contributed by atoms with van der Waals surface area (Å²) in [6.45, 7) is 4.12. The molecular weight excluding hydrogens is 360 g/mol. The average Bonchev–Trinajstić information content (AvgIpc) is 2.47. The van der Waals surface area contributed by atoms with Crippen LogP contribution in [0.3, 0.4) is 0 Å². The monoisotopic (exact) mass is 372 g/mol. The molecule has 22 heavy (non-hydrogen) atoms. The lowest BCUT2D eigenvalue weighted by Gasteiger charge is -2.04. The van der Waals surface area contributed by atoms with E-state index in [1.807, 2.05) is 30.3 Å². The Balaban J connectivity index is 2.02. The number of nitrogens with zero attached hydrogens (tertiary/aromatic N) is 2. The first-order chi connectivity index (χ1) is 10.5. The fourth-order valence-electron chi connectivity index (χ4n) is 2.32. The Hall–Kier alpha value is -1.71. The lowest BCUT2D eigenvalue weighted by Crippen LogP contribution is -1.89. The van der Waals surface area contributed by atoms with Crippen LogP contribution in [0.25, 0.3) is 10.9 Å². The Labute approximate surface area is 143 Å². The number of aryl methyl sites for hydroxylation is 2. The van der Waals surface area contributed by atoms with Crippen molar-refractivity contribution in [3.8, 4) is 0 Å². The second-order valence-corrected chi connectivity index (χ2v) is 6.53. The number of pyridine rings is 1. The highest BCUT2D eigenvalue weighted by Crippen LogP contribution is 2.24. The first kappa shape index (κ1) is 15.2. The molecule has 0 fully saturated rings. The summed E-state index contributed by atoms with van der Waals surface area (Å²) in [5.74, 6) is 0. The highest BCUT2D eigenvalue weighted by molar-refractivity contribution is 9.10. The van der Waals surface area contributed by atoms with Gasteiger partial charge in [-0.3, -0.25) is 4.99 Å². The van der Waals surface area contributed by atoms with Crippen molar-refractivity contribution in [3.63, 3.8) is 0 Å². The summed E-state index contributed by atoms with van der Waals surface area (Å²) in [4.78, 5) is 8.96. The molecule has 0 aliphatic heterocycles. The van der Waals surface area contributed by atoms with Crippen LogP contribution in [0.4, 0.5) is 5.69 Å². The molecule has 0 amide bonds. The van der Waals surface area contributed by atoms with E-state index in [2.05, 4.69) is 51.9 Å². The molecule has 0 saturated carbocycles. The summed E-state index contributed by atoms with van der Waals surface area (Å²) in [6.07, 6.45) is 1.77. The number of rotatable bonds is 2. The molecule has 3 rings (SSSR count). The van der Waals surface area contributed by atoms with E-state index in [9.17, 15) is 0 Å². The van der Waals surface area contributed by atoms with Crippen molar-refractivity contribution in [1.29, 1.82) is 0 Å². The van der Waals surface area contributed by atoms with E-state index in [0.29, 0.717) is 5.15 Å². The molecule has 0 atom stereocenters. The van der Waals surface area contributed by atoms with Crippen LogP contribution in [0.1, 0.15) is 16.7 Å². The van der Waals surface area contributed by atoms with Crippen molar-refractivity contribution in [2.45, 2.75) is 13.8 Å². The fraction of sp³-hybridized carbons (Fsp3) is 0.111. The molecule has 0 bridgehead atoms. The van der Waals surface area contributed by atoms with Crippen LogP contribution in [0.2, 0.25) is 5.15 Å². The highest BCUT2D eigenvalue weighted by atomic mass is 79.9. The maximum Gasteiger partial charge on any atom is 0.138 e. The second kappa shape index (κ2) is 6.19. The number of aromatic nitrogens is 1. The third kappa shape index (κ3) is 3.21. The van der Waals surface area contributed by atoms with E-state index in [4.69, 9.17) is 11.6 Å². The van der Waals surface area contributed by atoms with Gasteiger partial charge in [0.05, 0.1) is 11.2 Å². The van der Waals surface area contributed by atoms with Gasteiger partial charge in [-0.05, 0) is 49.7 Å². The number of halogens is 2. The van der Waals surface area contributed by atoms with Crippen molar-refractivity contribution in [2.24, 2.45) is 4.99 Å². The van der Waals surface area contributed by atoms with E-state index < -0.39 is 0 Å². The van der Waals surface area contributed by atoms with Gasteiger partial charge in [0.15, 0.2) is 0 Å². The minimum absolute atomic E-state index is 0.461. The molecule has 3 aromatic rings. The molecule has 2 aromatic carbocycles. The zero-order valence-electron chi connectivity index (χ0n) is 12.3. The number of fused-ring (bicyclic) bond motifs is 1. The summed E-state index contributed by atoms with van der Waals surface area (Å²) < 4.78 is 1.02. The van der Waals surface area contributed by atoms with Gasteiger partial charge >= 0.3 is 0 Å². The maximum absolute atomic E-state index is 6.26. The van der Waals surface area contributed by atoms with Crippen LogP contribution in [-0.4, -0.2) is 11.2 Å².